The SMILES string of the molecule is COc1ccc(C(=O)NC(=S)Nc2ccccc2C(=O)NC(C)C)cc1I. The lowest BCUT2D eigenvalue weighted by molar-refractivity contribution is 0.0942. The highest BCUT2D eigenvalue weighted by Gasteiger charge is 2.14. The molecule has 0 aliphatic heterocycles. The molecule has 2 aromatic rings. The van der Waals surface area contributed by atoms with Crippen LogP contribution in [0.25, 0.3) is 0 Å². The monoisotopic (exact) mass is 497 g/mol. The predicted molar refractivity (Wildman–Crippen MR) is 118 cm³/mol. The molecule has 0 bridgehead atoms. The van der Waals surface area contributed by atoms with Crippen LogP contribution < -0.4 is 20.7 Å². The average molecular weight is 497 g/mol. The highest BCUT2D eigenvalue weighted by Crippen LogP contribution is 2.21. The fraction of sp³-hybridized carbons (Fsp3) is 0.211. The van der Waals surface area contributed by atoms with Crippen molar-refractivity contribution >= 4 is 57.4 Å². The van der Waals surface area contributed by atoms with Gasteiger partial charge in [0.25, 0.3) is 11.8 Å². The number of hydrogen-bond acceptors (Lipinski definition) is 4. The summed E-state index contributed by atoms with van der Waals surface area (Å²) in [5.74, 6) is 0.127. The molecular weight excluding hydrogens is 477 g/mol. The molecule has 0 aliphatic rings. The fourth-order valence-corrected chi connectivity index (χ4v) is 3.20. The maximum atomic E-state index is 12.4. The van der Waals surface area contributed by atoms with Crippen molar-refractivity contribution in [1.82, 2.24) is 10.6 Å². The van der Waals surface area contributed by atoms with Gasteiger partial charge in [0.05, 0.1) is 21.9 Å². The van der Waals surface area contributed by atoms with Crippen LogP contribution in [0.3, 0.4) is 0 Å². The number of halogens is 1. The molecule has 2 aromatic carbocycles. The maximum Gasteiger partial charge on any atom is 0.257 e. The molecule has 0 atom stereocenters. The van der Waals surface area contributed by atoms with Gasteiger partial charge in [0, 0.05) is 11.6 Å². The number of benzene rings is 2. The van der Waals surface area contributed by atoms with Crippen molar-refractivity contribution in [2.24, 2.45) is 0 Å². The zero-order valence-corrected chi connectivity index (χ0v) is 18.1. The summed E-state index contributed by atoms with van der Waals surface area (Å²) in [6.07, 6.45) is 0. The first-order chi connectivity index (χ1) is 12.8. The molecule has 2 rings (SSSR count). The third kappa shape index (κ3) is 5.90. The molecule has 27 heavy (non-hydrogen) atoms. The predicted octanol–water partition coefficient (Wildman–Crippen LogP) is 3.56. The zero-order chi connectivity index (χ0) is 20.0. The molecule has 3 N–H and O–H groups in total. The quantitative estimate of drug-likeness (QED) is 0.435. The van der Waals surface area contributed by atoms with Gasteiger partial charge in [-0.1, -0.05) is 12.1 Å². The summed E-state index contributed by atoms with van der Waals surface area (Å²) >= 11 is 7.32. The summed E-state index contributed by atoms with van der Waals surface area (Å²) in [6, 6.07) is 12.1. The Hall–Kier alpha value is -2.20. The average Bonchev–Trinajstić information content (AvgIpc) is 2.61. The summed E-state index contributed by atoms with van der Waals surface area (Å²) in [7, 11) is 1.57. The molecule has 8 heteroatoms. The van der Waals surface area contributed by atoms with Crippen LogP contribution in [0.4, 0.5) is 5.69 Å². The number of para-hydroxylation sites is 1. The van der Waals surface area contributed by atoms with E-state index >= 15 is 0 Å². The first kappa shape index (κ1) is 21.1. The van der Waals surface area contributed by atoms with Gasteiger partial charge in [-0.15, -0.1) is 0 Å². The van der Waals surface area contributed by atoms with Gasteiger partial charge in [0.15, 0.2) is 5.11 Å². The Morgan fingerprint density at radius 2 is 1.81 bits per heavy atom. The van der Waals surface area contributed by atoms with E-state index in [0.717, 1.165) is 3.57 Å². The fourth-order valence-electron chi connectivity index (χ4n) is 2.27. The van der Waals surface area contributed by atoms with E-state index in [9.17, 15) is 9.59 Å². The first-order valence-electron chi connectivity index (χ1n) is 8.17. The van der Waals surface area contributed by atoms with E-state index in [4.69, 9.17) is 17.0 Å². The van der Waals surface area contributed by atoms with Crippen LogP contribution >= 0.6 is 34.8 Å². The smallest absolute Gasteiger partial charge is 0.257 e. The summed E-state index contributed by atoms with van der Waals surface area (Å²) in [5, 5.41) is 8.48. The number of amides is 2. The van der Waals surface area contributed by atoms with E-state index in [0.29, 0.717) is 22.6 Å². The molecule has 0 saturated carbocycles. The van der Waals surface area contributed by atoms with E-state index in [1.54, 1.807) is 49.6 Å². The molecule has 0 fully saturated rings. The van der Waals surface area contributed by atoms with Gasteiger partial charge < -0.3 is 15.4 Å². The van der Waals surface area contributed by atoms with Crippen molar-refractivity contribution < 1.29 is 14.3 Å². The van der Waals surface area contributed by atoms with E-state index < -0.39 is 0 Å². The molecule has 0 aliphatic carbocycles. The van der Waals surface area contributed by atoms with Gasteiger partial charge in [0.2, 0.25) is 0 Å². The molecule has 142 valence electrons. The highest BCUT2D eigenvalue weighted by molar-refractivity contribution is 14.1. The normalized spacial score (nSPS) is 10.3. The molecule has 2 amide bonds. The Labute approximate surface area is 177 Å². The van der Waals surface area contributed by atoms with E-state index in [2.05, 4.69) is 38.5 Å². The van der Waals surface area contributed by atoms with Crippen molar-refractivity contribution in [3.8, 4) is 5.75 Å². The van der Waals surface area contributed by atoms with E-state index in [1.165, 1.54) is 0 Å². The number of carbonyl (C=O) groups excluding carboxylic acids is 2. The van der Waals surface area contributed by atoms with Crippen molar-refractivity contribution in [3.63, 3.8) is 0 Å². The van der Waals surface area contributed by atoms with Crippen LogP contribution in [0.1, 0.15) is 34.6 Å². The third-order valence-corrected chi connectivity index (χ3v) is 4.53. The van der Waals surface area contributed by atoms with Crippen molar-refractivity contribution in [3.05, 3.63) is 57.2 Å². The second-order valence-electron chi connectivity index (χ2n) is 5.93. The van der Waals surface area contributed by atoms with Crippen LogP contribution in [0.2, 0.25) is 0 Å². The Bertz CT molecular complexity index is 871. The summed E-state index contributed by atoms with van der Waals surface area (Å²) in [6.45, 7) is 3.77. The molecular formula is C19H20IN3O3S. The Morgan fingerprint density at radius 1 is 1.11 bits per heavy atom. The van der Waals surface area contributed by atoms with Crippen molar-refractivity contribution in [2.75, 3.05) is 12.4 Å². The second-order valence-corrected chi connectivity index (χ2v) is 7.50. The lowest BCUT2D eigenvalue weighted by Gasteiger charge is -2.15. The molecule has 0 radical (unpaired) electrons. The second kappa shape index (κ2) is 9.65. The van der Waals surface area contributed by atoms with Gasteiger partial charge in [0.1, 0.15) is 5.75 Å². The number of ether oxygens (including phenoxy) is 1. The first-order valence-corrected chi connectivity index (χ1v) is 9.66. The van der Waals surface area contributed by atoms with Crippen LogP contribution in [-0.2, 0) is 0 Å². The molecule has 6 nitrogen and oxygen atoms in total. The minimum Gasteiger partial charge on any atom is -0.496 e. The van der Waals surface area contributed by atoms with Crippen LogP contribution in [0, 0.1) is 3.57 Å². The number of thiocarbonyl (C=S) groups is 1. The Kier molecular flexibility index (Phi) is 7.55. The van der Waals surface area contributed by atoms with E-state index in [1.807, 2.05) is 13.8 Å². The number of anilines is 1. The molecule has 0 saturated heterocycles. The van der Waals surface area contributed by atoms with Crippen molar-refractivity contribution in [2.45, 2.75) is 19.9 Å². The molecule has 0 spiro atoms. The van der Waals surface area contributed by atoms with Gasteiger partial charge in [-0.2, -0.15) is 0 Å². The zero-order valence-electron chi connectivity index (χ0n) is 15.1. The number of hydrogen-bond donors (Lipinski definition) is 3. The molecule has 0 aromatic heterocycles. The Balaban J connectivity index is 2.09. The van der Waals surface area contributed by atoms with Gasteiger partial charge in [-0.25, -0.2) is 0 Å². The number of nitrogens with one attached hydrogen (secondary N) is 3. The van der Waals surface area contributed by atoms with Gasteiger partial charge >= 0.3 is 0 Å². The van der Waals surface area contributed by atoms with Crippen LogP contribution in [0.5, 0.6) is 5.75 Å². The summed E-state index contributed by atoms with van der Waals surface area (Å²) in [4.78, 5) is 24.7. The minimum absolute atomic E-state index is 0.00903. The highest BCUT2D eigenvalue weighted by atomic mass is 127. The number of methoxy groups -OCH3 is 1. The number of rotatable bonds is 5. The standard InChI is InChI=1S/C19H20IN3O3S/c1-11(2)21-18(25)13-6-4-5-7-15(13)22-19(27)23-17(24)12-8-9-16(26-3)14(20)10-12/h4-11H,1-3H3,(H,21,25)(H2,22,23,24,27). The third-order valence-electron chi connectivity index (χ3n) is 3.48. The van der Waals surface area contributed by atoms with Gasteiger partial charge in [-0.05, 0) is 79.0 Å². The molecule has 0 unspecified atom stereocenters. The molecule has 0 heterocycles. The topological polar surface area (TPSA) is 79.5 Å². The van der Waals surface area contributed by atoms with Crippen LogP contribution in [-0.4, -0.2) is 30.1 Å². The van der Waals surface area contributed by atoms with E-state index in [-0.39, 0.29) is 23.0 Å². The number of carbonyl (C=O) groups is 2. The van der Waals surface area contributed by atoms with Crippen molar-refractivity contribution in [1.29, 1.82) is 0 Å². The lowest BCUT2D eigenvalue weighted by Crippen LogP contribution is -2.35. The lowest BCUT2D eigenvalue weighted by atomic mass is 10.1. The minimum atomic E-state index is -0.350. The summed E-state index contributed by atoms with van der Waals surface area (Å²) < 4.78 is 6.00. The Morgan fingerprint density at radius 3 is 2.44 bits per heavy atom. The maximum absolute atomic E-state index is 12.4. The largest absolute Gasteiger partial charge is 0.496 e. The van der Waals surface area contributed by atoms with Gasteiger partial charge in [-0.3, -0.25) is 14.9 Å². The summed E-state index contributed by atoms with van der Waals surface area (Å²) in [5.41, 5.74) is 1.42. The van der Waals surface area contributed by atoms with Crippen LogP contribution in [0.15, 0.2) is 42.5 Å².